The van der Waals surface area contributed by atoms with Crippen molar-refractivity contribution < 1.29 is 14.3 Å². The number of hydrogen-bond donors (Lipinski definition) is 1. The average Bonchev–Trinajstić information content (AvgIpc) is 2.68. The van der Waals surface area contributed by atoms with Crippen LogP contribution in [0.2, 0.25) is 0 Å². The minimum Gasteiger partial charge on any atom is -0.494 e. The summed E-state index contributed by atoms with van der Waals surface area (Å²) < 4.78 is 11.9. The Morgan fingerprint density at radius 3 is 2.56 bits per heavy atom. The third-order valence-electron chi connectivity index (χ3n) is 3.93. The van der Waals surface area contributed by atoms with Crippen LogP contribution in [0.5, 0.6) is 11.5 Å². The van der Waals surface area contributed by atoms with Gasteiger partial charge < -0.3 is 14.8 Å². The van der Waals surface area contributed by atoms with Gasteiger partial charge in [0.25, 0.3) is 5.91 Å². The Bertz CT molecular complexity index is 744. The van der Waals surface area contributed by atoms with E-state index in [0.717, 1.165) is 28.9 Å². The number of carbonyl (C=O) groups excluding carboxylic acids is 1. The Kier molecular flexibility index (Phi) is 8.92. The number of hydrogen-bond acceptors (Lipinski definition) is 3. The number of amides is 1. The monoisotopic (exact) mass is 431 g/mol. The second-order valence-corrected chi connectivity index (χ2v) is 6.99. The molecule has 27 heavy (non-hydrogen) atoms. The van der Waals surface area contributed by atoms with Crippen molar-refractivity contribution in [3.63, 3.8) is 0 Å². The first-order valence-electron chi connectivity index (χ1n) is 9.21. The number of anilines is 1. The fraction of sp³-hybridized carbons (Fsp3) is 0.318. The molecule has 0 bridgehead atoms. The second-order valence-electron chi connectivity index (χ2n) is 6.13. The lowest BCUT2D eigenvalue weighted by Crippen LogP contribution is -2.12. The third-order valence-corrected chi connectivity index (χ3v) is 4.55. The Hall–Kier alpha value is -2.27. The topological polar surface area (TPSA) is 47.6 Å². The van der Waals surface area contributed by atoms with E-state index in [1.54, 1.807) is 24.3 Å². The van der Waals surface area contributed by atoms with E-state index in [0.29, 0.717) is 17.9 Å². The van der Waals surface area contributed by atoms with Crippen LogP contribution in [0.1, 0.15) is 43.0 Å². The minimum absolute atomic E-state index is 0.181. The maximum absolute atomic E-state index is 12.4. The van der Waals surface area contributed by atoms with Crippen LogP contribution >= 0.6 is 15.9 Å². The molecule has 0 fully saturated rings. The van der Waals surface area contributed by atoms with Crippen molar-refractivity contribution in [2.75, 3.05) is 18.5 Å². The lowest BCUT2D eigenvalue weighted by atomic mass is 10.2. The summed E-state index contributed by atoms with van der Waals surface area (Å²) in [7, 11) is 0. The number of carbonyl (C=O) groups is 1. The second kappa shape index (κ2) is 11.4. The first kappa shape index (κ1) is 21.0. The predicted molar refractivity (Wildman–Crippen MR) is 114 cm³/mol. The molecule has 1 N–H and O–H groups in total. The van der Waals surface area contributed by atoms with E-state index in [-0.39, 0.29) is 5.91 Å². The van der Waals surface area contributed by atoms with Gasteiger partial charge >= 0.3 is 0 Å². The number of ether oxygens (including phenoxy) is 2. The molecule has 0 atom stereocenters. The van der Waals surface area contributed by atoms with Gasteiger partial charge in [-0.05, 0) is 64.8 Å². The fourth-order valence-corrected chi connectivity index (χ4v) is 2.96. The molecule has 2 aromatic carbocycles. The van der Waals surface area contributed by atoms with E-state index in [2.05, 4.69) is 34.7 Å². The first-order valence-corrected chi connectivity index (χ1v) is 10.0. The quantitative estimate of drug-likeness (QED) is 0.339. The number of unbranched alkanes of at least 4 members (excludes halogenated alkanes) is 3. The summed E-state index contributed by atoms with van der Waals surface area (Å²) in [5.41, 5.74) is 1.27. The molecule has 0 heterocycles. The standard InChI is InChI=1S/C22H26BrNO3/c1-3-5-6-7-15-26-19-11-9-18(10-12-19)24-22(25)17-8-13-21(20(23)16-17)27-14-4-2/h4,8-13,16H,2-3,5-7,14-15H2,1H3,(H,24,25). The number of rotatable bonds is 11. The predicted octanol–water partition coefficient (Wildman–Crippen LogP) is 6.23. The Morgan fingerprint density at radius 2 is 1.89 bits per heavy atom. The molecule has 0 aromatic heterocycles. The molecule has 0 spiro atoms. The van der Waals surface area contributed by atoms with Gasteiger partial charge in [-0.15, -0.1) is 0 Å². The SMILES string of the molecule is C=CCOc1ccc(C(=O)Nc2ccc(OCCCCCC)cc2)cc1Br. The van der Waals surface area contributed by atoms with Crippen molar-refractivity contribution in [3.8, 4) is 11.5 Å². The normalized spacial score (nSPS) is 10.3. The molecule has 2 aromatic rings. The number of benzene rings is 2. The van der Waals surface area contributed by atoms with E-state index in [4.69, 9.17) is 9.47 Å². The lowest BCUT2D eigenvalue weighted by Gasteiger charge is -2.10. The van der Waals surface area contributed by atoms with Crippen molar-refractivity contribution in [3.05, 3.63) is 65.2 Å². The van der Waals surface area contributed by atoms with Crippen LogP contribution in [-0.4, -0.2) is 19.1 Å². The Morgan fingerprint density at radius 1 is 1.11 bits per heavy atom. The van der Waals surface area contributed by atoms with Crippen LogP contribution in [0.4, 0.5) is 5.69 Å². The summed E-state index contributed by atoms with van der Waals surface area (Å²) in [5, 5.41) is 2.89. The molecule has 0 aliphatic carbocycles. The molecule has 0 unspecified atom stereocenters. The highest BCUT2D eigenvalue weighted by Gasteiger charge is 2.10. The highest BCUT2D eigenvalue weighted by atomic mass is 79.9. The molecule has 144 valence electrons. The third kappa shape index (κ3) is 7.10. The van der Waals surface area contributed by atoms with E-state index < -0.39 is 0 Å². The van der Waals surface area contributed by atoms with Gasteiger partial charge in [0.1, 0.15) is 18.1 Å². The van der Waals surface area contributed by atoms with Crippen LogP contribution in [-0.2, 0) is 0 Å². The van der Waals surface area contributed by atoms with Crippen LogP contribution in [0, 0.1) is 0 Å². The average molecular weight is 432 g/mol. The summed E-state index contributed by atoms with van der Waals surface area (Å²) in [5.74, 6) is 1.31. The Balaban J connectivity index is 1.88. The van der Waals surface area contributed by atoms with Crippen molar-refractivity contribution in [2.45, 2.75) is 32.6 Å². The van der Waals surface area contributed by atoms with E-state index in [9.17, 15) is 4.79 Å². The highest BCUT2D eigenvalue weighted by molar-refractivity contribution is 9.10. The molecule has 0 saturated carbocycles. The van der Waals surface area contributed by atoms with Crippen molar-refractivity contribution >= 4 is 27.5 Å². The van der Waals surface area contributed by atoms with Crippen LogP contribution in [0.3, 0.4) is 0 Å². The van der Waals surface area contributed by atoms with E-state index in [1.807, 2.05) is 24.3 Å². The molecule has 5 heteroatoms. The summed E-state index contributed by atoms with van der Waals surface area (Å²) in [6, 6.07) is 12.7. The van der Waals surface area contributed by atoms with E-state index >= 15 is 0 Å². The summed E-state index contributed by atoms with van der Waals surface area (Å²) >= 11 is 3.42. The van der Waals surface area contributed by atoms with Crippen LogP contribution < -0.4 is 14.8 Å². The highest BCUT2D eigenvalue weighted by Crippen LogP contribution is 2.26. The molecular formula is C22H26BrNO3. The van der Waals surface area contributed by atoms with Crippen molar-refractivity contribution in [1.82, 2.24) is 0 Å². The lowest BCUT2D eigenvalue weighted by molar-refractivity contribution is 0.102. The number of nitrogens with one attached hydrogen (secondary N) is 1. The molecule has 0 aliphatic heterocycles. The summed E-state index contributed by atoms with van der Waals surface area (Å²) in [4.78, 5) is 12.4. The van der Waals surface area contributed by atoms with Gasteiger partial charge in [0.2, 0.25) is 0 Å². The molecule has 2 rings (SSSR count). The van der Waals surface area contributed by atoms with Gasteiger partial charge in [0.05, 0.1) is 11.1 Å². The van der Waals surface area contributed by atoms with E-state index in [1.165, 1.54) is 19.3 Å². The molecule has 1 amide bonds. The van der Waals surface area contributed by atoms with Crippen molar-refractivity contribution in [1.29, 1.82) is 0 Å². The molecule has 0 radical (unpaired) electrons. The molecule has 0 saturated heterocycles. The zero-order valence-corrected chi connectivity index (χ0v) is 17.3. The smallest absolute Gasteiger partial charge is 0.255 e. The van der Waals surface area contributed by atoms with Gasteiger partial charge in [-0.1, -0.05) is 38.8 Å². The summed E-state index contributed by atoms with van der Waals surface area (Å²) in [6.45, 7) is 6.95. The molecule has 0 aliphatic rings. The first-order chi connectivity index (χ1) is 13.1. The van der Waals surface area contributed by atoms with Gasteiger partial charge in [-0.2, -0.15) is 0 Å². The molecular weight excluding hydrogens is 406 g/mol. The number of halogens is 1. The van der Waals surface area contributed by atoms with Gasteiger partial charge in [0.15, 0.2) is 0 Å². The van der Waals surface area contributed by atoms with Gasteiger partial charge in [-0.25, -0.2) is 0 Å². The van der Waals surface area contributed by atoms with Crippen LogP contribution in [0.15, 0.2) is 59.6 Å². The van der Waals surface area contributed by atoms with Gasteiger partial charge in [-0.3, -0.25) is 4.79 Å². The zero-order valence-electron chi connectivity index (χ0n) is 15.7. The van der Waals surface area contributed by atoms with Crippen LogP contribution in [0.25, 0.3) is 0 Å². The van der Waals surface area contributed by atoms with Crippen molar-refractivity contribution in [2.24, 2.45) is 0 Å². The summed E-state index contributed by atoms with van der Waals surface area (Å²) in [6.07, 6.45) is 6.39. The molecule has 4 nitrogen and oxygen atoms in total. The maximum atomic E-state index is 12.4. The Labute approximate surface area is 169 Å². The zero-order chi connectivity index (χ0) is 19.5. The fourth-order valence-electron chi connectivity index (χ4n) is 2.46. The largest absolute Gasteiger partial charge is 0.494 e. The van der Waals surface area contributed by atoms with Gasteiger partial charge in [0, 0.05) is 11.3 Å². The minimum atomic E-state index is -0.181. The maximum Gasteiger partial charge on any atom is 0.255 e.